The second-order valence-corrected chi connectivity index (χ2v) is 5.43. The van der Waals surface area contributed by atoms with Crippen LogP contribution in [0.4, 0.5) is 0 Å². The Morgan fingerprint density at radius 3 is 2.45 bits per heavy atom. The molecule has 1 aromatic carbocycles. The van der Waals surface area contributed by atoms with Crippen LogP contribution < -0.4 is 5.32 Å². The molecule has 0 saturated carbocycles. The molecule has 2 aromatic heterocycles. The van der Waals surface area contributed by atoms with Crippen LogP contribution in [0.25, 0.3) is 21.0 Å². The third-order valence-corrected chi connectivity index (χ3v) is 4.20. The third-order valence-electron chi connectivity index (χ3n) is 3.00. The predicted octanol–water partition coefficient (Wildman–Crippen LogP) is 3.59. The van der Waals surface area contributed by atoms with Crippen LogP contribution in [-0.4, -0.2) is 17.0 Å². The highest BCUT2D eigenvalue weighted by atomic mass is 32.1. The molecular weight excluding hydrogens is 266 g/mol. The first kappa shape index (κ1) is 13.0. The van der Waals surface area contributed by atoms with Crippen molar-refractivity contribution in [1.82, 2.24) is 15.3 Å². The Morgan fingerprint density at radius 2 is 1.75 bits per heavy atom. The largest absolute Gasteiger partial charge is 0.314 e. The van der Waals surface area contributed by atoms with Gasteiger partial charge in [-0.15, -0.1) is 11.3 Å². The van der Waals surface area contributed by atoms with Gasteiger partial charge in [0.15, 0.2) is 0 Å². The van der Waals surface area contributed by atoms with Crippen LogP contribution in [0.15, 0.2) is 54.9 Å². The molecule has 0 aliphatic rings. The smallest absolute Gasteiger partial charge is 0.124 e. The first-order valence-electron chi connectivity index (χ1n) is 6.48. The summed E-state index contributed by atoms with van der Waals surface area (Å²) in [6.45, 7) is 0.770. The molecule has 100 valence electrons. The molecule has 0 atom stereocenters. The molecule has 0 aliphatic heterocycles. The lowest BCUT2D eigenvalue weighted by Gasteiger charge is -2.00. The number of hydrogen-bond donors (Lipinski definition) is 1. The number of aromatic nitrogens is 2. The molecule has 0 fully saturated rings. The number of rotatable bonds is 4. The summed E-state index contributed by atoms with van der Waals surface area (Å²) in [4.78, 5) is 10.1. The monoisotopic (exact) mass is 281 g/mol. The van der Waals surface area contributed by atoms with Gasteiger partial charge in [0.05, 0.1) is 10.6 Å². The lowest BCUT2D eigenvalue weighted by atomic mass is 10.1. The van der Waals surface area contributed by atoms with E-state index in [4.69, 9.17) is 4.98 Å². The maximum atomic E-state index is 4.77. The zero-order chi connectivity index (χ0) is 13.8. The summed E-state index contributed by atoms with van der Waals surface area (Å²) in [7, 11) is 1.94. The van der Waals surface area contributed by atoms with Crippen molar-refractivity contribution in [2.75, 3.05) is 7.05 Å². The van der Waals surface area contributed by atoms with Crippen molar-refractivity contribution in [3.63, 3.8) is 0 Å². The minimum Gasteiger partial charge on any atom is -0.314 e. The second kappa shape index (κ2) is 5.94. The van der Waals surface area contributed by atoms with Gasteiger partial charge in [-0.1, -0.05) is 30.3 Å². The van der Waals surface area contributed by atoms with Crippen LogP contribution in [0.3, 0.4) is 0 Å². The highest BCUT2D eigenvalue weighted by molar-refractivity contribution is 7.18. The summed E-state index contributed by atoms with van der Waals surface area (Å²) >= 11 is 1.73. The maximum Gasteiger partial charge on any atom is 0.124 e. The fourth-order valence-corrected chi connectivity index (χ4v) is 3.16. The topological polar surface area (TPSA) is 37.8 Å². The highest BCUT2D eigenvalue weighted by Gasteiger charge is 2.13. The Labute approximate surface area is 122 Å². The van der Waals surface area contributed by atoms with Gasteiger partial charge in [0, 0.05) is 24.5 Å². The molecule has 0 radical (unpaired) electrons. The molecular formula is C16H15N3S. The van der Waals surface area contributed by atoms with Crippen LogP contribution in [0.5, 0.6) is 0 Å². The van der Waals surface area contributed by atoms with Gasteiger partial charge < -0.3 is 5.32 Å². The van der Waals surface area contributed by atoms with Gasteiger partial charge in [-0.3, -0.25) is 4.98 Å². The van der Waals surface area contributed by atoms with E-state index < -0.39 is 0 Å². The van der Waals surface area contributed by atoms with E-state index in [2.05, 4.69) is 34.6 Å². The molecule has 20 heavy (non-hydrogen) atoms. The van der Waals surface area contributed by atoms with Gasteiger partial charge in [-0.25, -0.2) is 4.98 Å². The van der Waals surface area contributed by atoms with Gasteiger partial charge in [0.1, 0.15) is 5.01 Å². The van der Waals surface area contributed by atoms with Crippen LogP contribution in [0.2, 0.25) is 0 Å². The van der Waals surface area contributed by atoms with E-state index in [1.807, 2.05) is 25.2 Å². The van der Waals surface area contributed by atoms with E-state index >= 15 is 0 Å². The standard InChI is InChI=1S/C16H15N3S/c1-17-11-14-15(12-5-3-2-4-6-12)20-16(19-14)13-7-9-18-10-8-13/h2-10,17H,11H2,1H3. The first-order chi connectivity index (χ1) is 9.88. The Balaban J connectivity index is 2.08. The molecule has 3 nitrogen and oxygen atoms in total. The van der Waals surface area contributed by atoms with E-state index in [1.54, 1.807) is 23.7 Å². The molecule has 3 rings (SSSR count). The average molecular weight is 281 g/mol. The lowest BCUT2D eigenvalue weighted by molar-refractivity contribution is 0.799. The zero-order valence-electron chi connectivity index (χ0n) is 11.2. The van der Waals surface area contributed by atoms with Gasteiger partial charge in [0.25, 0.3) is 0 Å². The van der Waals surface area contributed by atoms with Crippen molar-refractivity contribution in [2.24, 2.45) is 0 Å². The minimum atomic E-state index is 0.770. The van der Waals surface area contributed by atoms with Gasteiger partial charge in [0.2, 0.25) is 0 Å². The molecule has 0 amide bonds. The molecule has 3 aromatic rings. The van der Waals surface area contributed by atoms with Gasteiger partial charge >= 0.3 is 0 Å². The summed E-state index contributed by atoms with van der Waals surface area (Å²) in [5.74, 6) is 0. The predicted molar refractivity (Wildman–Crippen MR) is 83.5 cm³/mol. The van der Waals surface area contributed by atoms with Crippen LogP contribution in [-0.2, 0) is 6.54 Å². The molecule has 2 heterocycles. The average Bonchev–Trinajstić information content (AvgIpc) is 2.94. The number of benzene rings is 1. The Bertz CT molecular complexity index is 677. The molecule has 0 aliphatic carbocycles. The quantitative estimate of drug-likeness (QED) is 0.794. The Morgan fingerprint density at radius 1 is 1.00 bits per heavy atom. The van der Waals surface area contributed by atoms with Gasteiger partial charge in [-0.2, -0.15) is 0 Å². The molecule has 0 saturated heterocycles. The highest BCUT2D eigenvalue weighted by Crippen LogP contribution is 2.35. The van der Waals surface area contributed by atoms with Crippen molar-refractivity contribution in [2.45, 2.75) is 6.54 Å². The summed E-state index contributed by atoms with van der Waals surface area (Å²) in [5, 5.41) is 4.23. The van der Waals surface area contributed by atoms with Crippen LogP contribution in [0, 0.1) is 0 Å². The normalized spacial score (nSPS) is 10.7. The molecule has 0 spiro atoms. The summed E-state index contributed by atoms with van der Waals surface area (Å²) in [6, 6.07) is 14.4. The number of nitrogens with zero attached hydrogens (tertiary/aromatic N) is 2. The molecule has 0 bridgehead atoms. The first-order valence-corrected chi connectivity index (χ1v) is 7.30. The summed E-state index contributed by atoms with van der Waals surface area (Å²) < 4.78 is 0. The fraction of sp³-hybridized carbons (Fsp3) is 0.125. The van der Waals surface area contributed by atoms with E-state index in [0.29, 0.717) is 0 Å². The number of thiazole rings is 1. The summed E-state index contributed by atoms with van der Waals surface area (Å²) in [5.41, 5.74) is 3.43. The lowest BCUT2D eigenvalue weighted by Crippen LogP contribution is -2.06. The Kier molecular flexibility index (Phi) is 3.85. The van der Waals surface area contributed by atoms with E-state index in [1.165, 1.54) is 10.4 Å². The fourth-order valence-electron chi connectivity index (χ4n) is 2.07. The molecule has 1 N–H and O–H groups in total. The molecule has 4 heteroatoms. The van der Waals surface area contributed by atoms with E-state index in [-0.39, 0.29) is 0 Å². The van der Waals surface area contributed by atoms with Crippen molar-refractivity contribution < 1.29 is 0 Å². The number of pyridine rings is 1. The van der Waals surface area contributed by atoms with Crippen molar-refractivity contribution in [3.05, 3.63) is 60.6 Å². The molecule has 0 unspecified atom stereocenters. The van der Waals surface area contributed by atoms with E-state index in [0.717, 1.165) is 22.8 Å². The number of nitrogens with one attached hydrogen (secondary N) is 1. The maximum absolute atomic E-state index is 4.77. The third kappa shape index (κ3) is 2.61. The van der Waals surface area contributed by atoms with Crippen LogP contribution >= 0.6 is 11.3 Å². The SMILES string of the molecule is CNCc1nc(-c2ccncc2)sc1-c1ccccc1. The van der Waals surface area contributed by atoms with E-state index in [9.17, 15) is 0 Å². The Hall–Kier alpha value is -2.04. The zero-order valence-corrected chi connectivity index (χ0v) is 12.0. The van der Waals surface area contributed by atoms with Crippen molar-refractivity contribution in [3.8, 4) is 21.0 Å². The second-order valence-electron chi connectivity index (χ2n) is 4.43. The number of hydrogen-bond acceptors (Lipinski definition) is 4. The van der Waals surface area contributed by atoms with Gasteiger partial charge in [-0.05, 0) is 24.7 Å². The van der Waals surface area contributed by atoms with Crippen molar-refractivity contribution >= 4 is 11.3 Å². The van der Waals surface area contributed by atoms with Crippen molar-refractivity contribution in [1.29, 1.82) is 0 Å². The summed E-state index contributed by atoms with van der Waals surface area (Å²) in [6.07, 6.45) is 3.60. The minimum absolute atomic E-state index is 0.770. The van der Waals surface area contributed by atoms with Crippen LogP contribution in [0.1, 0.15) is 5.69 Å².